The molecular weight excluding hydrogens is 124 g/mol. The highest BCUT2D eigenvalue weighted by Crippen LogP contribution is 2.38. The van der Waals surface area contributed by atoms with E-state index in [0.717, 1.165) is 18.6 Å². The number of aldehydes is 1. The van der Waals surface area contributed by atoms with Crippen molar-refractivity contribution in [3.05, 3.63) is 12.2 Å². The van der Waals surface area contributed by atoms with Crippen LogP contribution in [0.25, 0.3) is 0 Å². The summed E-state index contributed by atoms with van der Waals surface area (Å²) >= 11 is 0. The molecule has 1 nitrogen and oxygen atoms in total. The maximum Gasteiger partial charge on any atom is 0.123 e. The molecule has 0 heterocycles. The van der Waals surface area contributed by atoms with Gasteiger partial charge in [0, 0.05) is 5.92 Å². The zero-order chi connectivity index (χ0) is 6.97. The molecular formula is C9H12O. The van der Waals surface area contributed by atoms with E-state index in [1.807, 2.05) is 0 Å². The predicted octanol–water partition coefficient (Wildman–Crippen LogP) is 1.79. The van der Waals surface area contributed by atoms with Gasteiger partial charge < -0.3 is 4.79 Å². The van der Waals surface area contributed by atoms with Gasteiger partial charge in [-0.2, -0.15) is 0 Å². The van der Waals surface area contributed by atoms with Gasteiger partial charge in [-0.25, -0.2) is 0 Å². The third-order valence-electron chi connectivity index (χ3n) is 2.80. The van der Waals surface area contributed by atoms with E-state index < -0.39 is 0 Å². The van der Waals surface area contributed by atoms with Crippen molar-refractivity contribution in [2.24, 2.45) is 17.8 Å². The number of fused-ring (bicyclic) bond motifs is 2. The molecule has 3 atom stereocenters. The molecule has 0 N–H and O–H groups in total. The van der Waals surface area contributed by atoms with Gasteiger partial charge in [-0.3, -0.25) is 0 Å². The molecule has 0 amide bonds. The van der Waals surface area contributed by atoms with Gasteiger partial charge in [-0.1, -0.05) is 12.2 Å². The van der Waals surface area contributed by atoms with Crippen molar-refractivity contribution in [3.8, 4) is 0 Å². The van der Waals surface area contributed by atoms with Crippen LogP contribution in [0, 0.1) is 17.8 Å². The van der Waals surface area contributed by atoms with Crippen LogP contribution >= 0.6 is 0 Å². The second-order valence-electron chi connectivity index (χ2n) is 3.42. The predicted molar refractivity (Wildman–Crippen MR) is 39.5 cm³/mol. The molecule has 3 aliphatic carbocycles. The van der Waals surface area contributed by atoms with Crippen LogP contribution in [-0.2, 0) is 4.79 Å². The summed E-state index contributed by atoms with van der Waals surface area (Å²) in [5, 5.41) is 0. The van der Waals surface area contributed by atoms with Crippen molar-refractivity contribution < 1.29 is 4.79 Å². The number of hydrogen-bond donors (Lipinski definition) is 0. The minimum absolute atomic E-state index is 0.351. The quantitative estimate of drug-likeness (QED) is 0.396. The Morgan fingerprint density at radius 3 is 2.50 bits per heavy atom. The maximum atomic E-state index is 10.5. The third-order valence-corrected chi connectivity index (χ3v) is 2.80. The van der Waals surface area contributed by atoms with Gasteiger partial charge in [0.15, 0.2) is 0 Å². The highest BCUT2D eigenvalue weighted by molar-refractivity contribution is 5.55. The molecule has 3 rings (SSSR count). The van der Waals surface area contributed by atoms with Crippen LogP contribution in [0.4, 0.5) is 0 Å². The van der Waals surface area contributed by atoms with Crippen molar-refractivity contribution in [1.82, 2.24) is 0 Å². The van der Waals surface area contributed by atoms with Crippen LogP contribution in [0.2, 0.25) is 0 Å². The molecule has 1 heteroatoms. The molecule has 0 aromatic heterocycles. The standard InChI is InChI=1S/C9H12O/c10-6-9-5-7-1-3-8(9)4-2-7/h1,3,6-9H,2,4-5H2/t7-,8-,9+/m0/s1. The lowest BCUT2D eigenvalue weighted by atomic mass is 9.70. The lowest BCUT2D eigenvalue weighted by Crippen LogP contribution is -2.27. The topological polar surface area (TPSA) is 17.1 Å². The molecule has 3 aliphatic rings. The Balaban J connectivity index is 2.18. The van der Waals surface area contributed by atoms with Gasteiger partial charge in [0.05, 0.1) is 0 Å². The first-order chi connectivity index (χ1) is 4.90. The van der Waals surface area contributed by atoms with Gasteiger partial charge in [0.25, 0.3) is 0 Å². The molecule has 0 spiro atoms. The van der Waals surface area contributed by atoms with Crippen LogP contribution in [0.3, 0.4) is 0 Å². The summed E-state index contributed by atoms with van der Waals surface area (Å²) in [4.78, 5) is 10.5. The average molecular weight is 136 g/mol. The molecule has 0 aliphatic heterocycles. The van der Waals surface area contributed by atoms with Crippen molar-refractivity contribution in [2.45, 2.75) is 19.3 Å². The number of hydrogen-bond acceptors (Lipinski definition) is 1. The first-order valence-electron chi connectivity index (χ1n) is 4.04. The first kappa shape index (κ1) is 6.14. The van der Waals surface area contributed by atoms with Gasteiger partial charge in [-0.05, 0) is 31.1 Å². The van der Waals surface area contributed by atoms with E-state index in [2.05, 4.69) is 12.2 Å². The largest absolute Gasteiger partial charge is 0.303 e. The Hall–Kier alpha value is -0.590. The Morgan fingerprint density at radius 2 is 2.20 bits per heavy atom. The molecule has 0 aromatic carbocycles. The minimum atomic E-state index is 0.351. The fourth-order valence-electron chi connectivity index (χ4n) is 2.13. The number of carbonyl (C=O) groups excluding carboxylic acids is 1. The number of carbonyl (C=O) groups is 1. The summed E-state index contributed by atoms with van der Waals surface area (Å²) in [7, 11) is 0. The van der Waals surface area contributed by atoms with Crippen molar-refractivity contribution in [2.75, 3.05) is 0 Å². The molecule has 0 aromatic rings. The number of rotatable bonds is 1. The Labute approximate surface area is 61.1 Å². The molecule has 54 valence electrons. The molecule has 0 saturated heterocycles. The molecule has 0 radical (unpaired) electrons. The summed E-state index contributed by atoms with van der Waals surface area (Å²) in [5.74, 6) is 1.66. The Bertz CT molecular complexity index is 172. The van der Waals surface area contributed by atoms with Gasteiger partial charge in [-0.15, -0.1) is 0 Å². The van der Waals surface area contributed by atoms with E-state index in [4.69, 9.17) is 0 Å². The van der Waals surface area contributed by atoms with Crippen LogP contribution < -0.4 is 0 Å². The Morgan fingerprint density at radius 1 is 1.30 bits per heavy atom. The second-order valence-corrected chi connectivity index (χ2v) is 3.42. The van der Waals surface area contributed by atoms with Gasteiger partial charge in [0.2, 0.25) is 0 Å². The highest BCUT2D eigenvalue weighted by Gasteiger charge is 2.30. The zero-order valence-corrected chi connectivity index (χ0v) is 5.99. The van der Waals surface area contributed by atoms with E-state index in [0.29, 0.717) is 11.8 Å². The SMILES string of the molecule is O=C[C@H]1C[C@H]2C=C[C@H]1CC2. The van der Waals surface area contributed by atoms with E-state index in [-0.39, 0.29) is 0 Å². The first-order valence-corrected chi connectivity index (χ1v) is 4.04. The molecule has 10 heavy (non-hydrogen) atoms. The lowest BCUT2D eigenvalue weighted by molar-refractivity contribution is -0.113. The summed E-state index contributed by atoms with van der Waals surface area (Å²) in [6.07, 6.45) is 9.33. The molecule has 0 unspecified atom stereocenters. The summed E-state index contributed by atoms with van der Waals surface area (Å²) in [6, 6.07) is 0. The lowest BCUT2D eigenvalue weighted by Gasteiger charge is -2.34. The zero-order valence-electron chi connectivity index (χ0n) is 5.99. The van der Waals surface area contributed by atoms with Crippen LogP contribution in [0.1, 0.15) is 19.3 Å². The smallest absolute Gasteiger partial charge is 0.123 e. The monoisotopic (exact) mass is 136 g/mol. The molecule has 1 fully saturated rings. The molecule has 2 bridgehead atoms. The van der Waals surface area contributed by atoms with Crippen molar-refractivity contribution in [1.29, 1.82) is 0 Å². The second kappa shape index (κ2) is 2.22. The summed E-state index contributed by atoms with van der Waals surface area (Å²) in [6.45, 7) is 0. The fraction of sp³-hybridized carbons (Fsp3) is 0.667. The van der Waals surface area contributed by atoms with E-state index in [1.165, 1.54) is 12.8 Å². The van der Waals surface area contributed by atoms with E-state index in [9.17, 15) is 4.79 Å². The van der Waals surface area contributed by atoms with E-state index >= 15 is 0 Å². The summed E-state index contributed by atoms with van der Waals surface area (Å²) in [5.41, 5.74) is 0. The average Bonchev–Trinajstić information content (AvgIpc) is 2.06. The Kier molecular flexibility index (Phi) is 1.37. The van der Waals surface area contributed by atoms with Crippen LogP contribution in [0.15, 0.2) is 12.2 Å². The van der Waals surface area contributed by atoms with Gasteiger partial charge >= 0.3 is 0 Å². The molecule has 1 saturated carbocycles. The third kappa shape index (κ3) is 0.808. The van der Waals surface area contributed by atoms with Crippen molar-refractivity contribution in [3.63, 3.8) is 0 Å². The van der Waals surface area contributed by atoms with Crippen LogP contribution in [0.5, 0.6) is 0 Å². The highest BCUT2D eigenvalue weighted by atomic mass is 16.1. The van der Waals surface area contributed by atoms with Crippen LogP contribution in [-0.4, -0.2) is 6.29 Å². The maximum absolute atomic E-state index is 10.5. The minimum Gasteiger partial charge on any atom is -0.303 e. The van der Waals surface area contributed by atoms with Crippen molar-refractivity contribution >= 4 is 6.29 Å². The number of allylic oxidation sites excluding steroid dienone is 2. The fourth-order valence-corrected chi connectivity index (χ4v) is 2.13. The van der Waals surface area contributed by atoms with Gasteiger partial charge in [0.1, 0.15) is 6.29 Å². The summed E-state index contributed by atoms with van der Waals surface area (Å²) < 4.78 is 0. The van der Waals surface area contributed by atoms with E-state index in [1.54, 1.807) is 0 Å². The normalized spacial score (nSPS) is 43.8.